The van der Waals surface area contributed by atoms with Gasteiger partial charge in [-0.15, -0.1) is 0 Å². The van der Waals surface area contributed by atoms with Gasteiger partial charge in [0.1, 0.15) is 0 Å². The number of nitrogens with one attached hydrogen (secondary N) is 1. The van der Waals surface area contributed by atoms with Crippen LogP contribution in [0.15, 0.2) is 54.7 Å². The highest BCUT2D eigenvalue weighted by atomic mass is 19.4. The van der Waals surface area contributed by atoms with E-state index in [4.69, 9.17) is 0 Å². The average molecular weight is 374 g/mol. The Morgan fingerprint density at radius 3 is 2.37 bits per heavy atom. The Hall–Kier alpha value is -3.09. The maximum Gasteiger partial charge on any atom is 0.416 e. The Morgan fingerprint density at radius 1 is 1.07 bits per heavy atom. The lowest BCUT2D eigenvalue weighted by Crippen LogP contribution is -2.33. The maximum atomic E-state index is 12.6. The van der Waals surface area contributed by atoms with Crippen molar-refractivity contribution in [2.75, 3.05) is 5.32 Å². The molecule has 1 aliphatic heterocycles. The number of hydrogen-bond acceptors (Lipinski definition) is 2. The molecule has 0 saturated heterocycles. The fourth-order valence-corrected chi connectivity index (χ4v) is 3.04. The quantitative estimate of drug-likeness (QED) is 0.853. The van der Waals surface area contributed by atoms with E-state index >= 15 is 0 Å². The average Bonchev–Trinajstić information content (AvgIpc) is 2.61. The molecule has 0 aliphatic carbocycles. The summed E-state index contributed by atoms with van der Waals surface area (Å²) >= 11 is 0. The topological polar surface area (TPSA) is 49.4 Å². The molecular weight excluding hydrogens is 357 g/mol. The molecule has 0 aromatic heterocycles. The second-order valence-corrected chi connectivity index (χ2v) is 6.21. The van der Waals surface area contributed by atoms with Crippen molar-refractivity contribution in [3.8, 4) is 0 Å². The minimum Gasteiger partial charge on any atom is -0.326 e. The van der Waals surface area contributed by atoms with Crippen molar-refractivity contribution in [1.29, 1.82) is 0 Å². The van der Waals surface area contributed by atoms with Gasteiger partial charge in [0.2, 0.25) is 11.8 Å². The third-order valence-corrected chi connectivity index (χ3v) is 4.34. The molecule has 0 saturated carbocycles. The molecule has 1 atom stereocenters. The van der Waals surface area contributed by atoms with Gasteiger partial charge in [-0.05, 0) is 41.5 Å². The summed E-state index contributed by atoms with van der Waals surface area (Å²) in [4.78, 5) is 25.9. The van der Waals surface area contributed by atoms with Crippen molar-refractivity contribution in [2.45, 2.75) is 25.6 Å². The van der Waals surface area contributed by atoms with Gasteiger partial charge in [0.15, 0.2) is 0 Å². The number of rotatable bonds is 3. The number of alkyl halides is 3. The number of fused-ring (bicyclic) bond motifs is 1. The first-order valence-corrected chi connectivity index (χ1v) is 8.29. The highest BCUT2D eigenvalue weighted by molar-refractivity contribution is 5.92. The number of benzene rings is 2. The summed E-state index contributed by atoms with van der Waals surface area (Å²) < 4.78 is 37.9. The Bertz CT molecular complexity index is 889. The van der Waals surface area contributed by atoms with E-state index in [-0.39, 0.29) is 18.0 Å². The van der Waals surface area contributed by atoms with Crippen molar-refractivity contribution >= 4 is 23.6 Å². The lowest BCUT2D eigenvalue weighted by Gasteiger charge is -2.32. The van der Waals surface area contributed by atoms with Crippen LogP contribution < -0.4 is 5.32 Å². The summed E-state index contributed by atoms with van der Waals surface area (Å²) in [5.41, 5.74) is 1.25. The molecule has 7 heteroatoms. The zero-order valence-electron chi connectivity index (χ0n) is 14.5. The summed E-state index contributed by atoms with van der Waals surface area (Å²) in [6, 6.07) is 11.2. The molecule has 3 rings (SSSR count). The van der Waals surface area contributed by atoms with Crippen molar-refractivity contribution in [1.82, 2.24) is 4.90 Å². The van der Waals surface area contributed by atoms with Crippen molar-refractivity contribution in [3.05, 3.63) is 71.4 Å². The third kappa shape index (κ3) is 4.19. The van der Waals surface area contributed by atoms with Crippen LogP contribution in [0.25, 0.3) is 6.08 Å². The standard InChI is InChI=1S/C20H17F3N2O2/c1-13(26)25-11-10-14-4-2-3-5-17(14)18(25)12-19(27)24-16-8-6-15(7-9-16)20(21,22)23/h2-11,18H,12H2,1H3,(H,24,27)/t18-/m1/s1. The number of anilines is 1. The van der Waals surface area contributed by atoms with Gasteiger partial charge in [-0.1, -0.05) is 24.3 Å². The Morgan fingerprint density at radius 2 is 1.74 bits per heavy atom. The molecule has 0 bridgehead atoms. The zero-order chi connectivity index (χ0) is 19.6. The molecule has 2 aromatic carbocycles. The Kier molecular flexibility index (Phi) is 5.03. The number of amides is 2. The molecular formula is C20H17F3N2O2. The molecule has 0 spiro atoms. The summed E-state index contributed by atoms with van der Waals surface area (Å²) in [6.45, 7) is 1.42. The van der Waals surface area contributed by atoms with Crippen LogP contribution in [0.5, 0.6) is 0 Å². The number of halogens is 3. The van der Waals surface area contributed by atoms with E-state index in [0.717, 1.165) is 23.3 Å². The van der Waals surface area contributed by atoms with Gasteiger partial charge < -0.3 is 10.2 Å². The van der Waals surface area contributed by atoms with E-state index in [2.05, 4.69) is 5.32 Å². The summed E-state index contributed by atoms with van der Waals surface area (Å²) in [7, 11) is 0. The predicted molar refractivity (Wildman–Crippen MR) is 95.4 cm³/mol. The van der Waals surface area contributed by atoms with E-state index < -0.39 is 23.7 Å². The van der Waals surface area contributed by atoms with Crippen molar-refractivity contribution in [2.24, 2.45) is 0 Å². The van der Waals surface area contributed by atoms with Crippen molar-refractivity contribution < 1.29 is 22.8 Å². The van der Waals surface area contributed by atoms with Crippen LogP contribution in [-0.4, -0.2) is 16.7 Å². The van der Waals surface area contributed by atoms with Crippen LogP contribution in [0.3, 0.4) is 0 Å². The van der Waals surface area contributed by atoms with Gasteiger partial charge >= 0.3 is 6.18 Å². The fraction of sp³-hybridized carbons (Fsp3) is 0.200. The lowest BCUT2D eigenvalue weighted by molar-refractivity contribution is -0.137. The van der Waals surface area contributed by atoms with Crippen LogP contribution in [0.4, 0.5) is 18.9 Å². The Balaban J connectivity index is 1.76. The van der Waals surface area contributed by atoms with Gasteiger partial charge in [-0.2, -0.15) is 13.2 Å². The molecule has 1 N–H and O–H groups in total. The molecule has 140 valence electrons. The fourth-order valence-electron chi connectivity index (χ4n) is 3.04. The van der Waals surface area contributed by atoms with Crippen LogP contribution in [0.2, 0.25) is 0 Å². The maximum absolute atomic E-state index is 12.6. The van der Waals surface area contributed by atoms with Crippen LogP contribution in [0, 0.1) is 0 Å². The summed E-state index contributed by atoms with van der Waals surface area (Å²) in [5, 5.41) is 2.59. The van der Waals surface area contributed by atoms with Gasteiger partial charge in [0.05, 0.1) is 18.0 Å². The van der Waals surface area contributed by atoms with Crippen LogP contribution in [0.1, 0.15) is 36.1 Å². The first kappa shape index (κ1) is 18.7. The molecule has 27 heavy (non-hydrogen) atoms. The first-order chi connectivity index (χ1) is 12.8. The van der Waals surface area contributed by atoms with E-state index in [1.54, 1.807) is 12.3 Å². The number of nitrogens with zero attached hydrogens (tertiary/aromatic N) is 1. The predicted octanol–water partition coefficient (Wildman–Crippen LogP) is 4.61. The van der Waals surface area contributed by atoms with E-state index in [0.29, 0.717) is 0 Å². The minimum absolute atomic E-state index is 0.0119. The summed E-state index contributed by atoms with van der Waals surface area (Å²) in [6.07, 6.45) is -0.994. The largest absolute Gasteiger partial charge is 0.416 e. The second kappa shape index (κ2) is 7.26. The zero-order valence-corrected chi connectivity index (χ0v) is 14.5. The van der Waals surface area contributed by atoms with Gasteiger partial charge in [-0.25, -0.2) is 0 Å². The van der Waals surface area contributed by atoms with Crippen molar-refractivity contribution in [3.63, 3.8) is 0 Å². The van der Waals surface area contributed by atoms with Gasteiger partial charge in [0, 0.05) is 18.8 Å². The molecule has 0 radical (unpaired) electrons. The number of carbonyl (C=O) groups is 2. The molecule has 1 aliphatic rings. The minimum atomic E-state index is -4.43. The number of hydrogen-bond donors (Lipinski definition) is 1. The molecule has 4 nitrogen and oxygen atoms in total. The number of carbonyl (C=O) groups excluding carboxylic acids is 2. The summed E-state index contributed by atoms with van der Waals surface area (Å²) in [5.74, 6) is -0.593. The smallest absolute Gasteiger partial charge is 0.326 e. The molecule has 2 amide bonds. The van der Waals surface area contributed by atoms with E-state index in [1.165, 1.54) is 24.0 Å². The van der Waals surface area contributed by atoms with Crippen LogP contribution in [-0.2, 0) is 15.8 Å². The van der Waals surface area contributed by atoms with Gasteiger partial charge in [-0.3, -0.25) is 9.59 Å². The molecule has 2 aromatic rings. The van der Waals surface area contributed by atoms with E-state index in [9.17, 15) is 22.8 Å². The van der Waals surface area contributed by atoms with Gasteiger partial charge in [0.25, 0.3) is 0 Å². The lowest BCUT2D eigenvalue weighted by atomic mass is 9.93. The molecule has 0 fully saturated rings. The molecule has 0 unspecified atom stereocenters. The SMILES string of the molecule is CC(=O)N1C=Cc2ccccc2[C@H]1CC(=O)Nc1ccc(C(F)(F)F)cc1. The monoisotopic (exact) mass is 374 g/mol. The Labute approximate surface area is 154 Å². The normalized spacial score (nSPS) is 16.0. The second-order valence-electron chi connectivity index (χ2n) is 6.21. The highest BCUT2D eigenvalue weighted by Crippen LogP contribution is 2.33. The first-order valence-electron chi connectivity index (χ1n) is 8.29. The third-order valence-electron chi connectivity index (χ3n) is 4.34. The van der Waals surface area contributed by atoms with Crippen LogP contribution >= 0.6 is 0 Å². The molecule has 1 heterocycles. The highest BCUT2D eigenvalue weighted by Gasteiger charge is 2.30. The van der Waals surface area contributed by atoms with E-state index in [1.807, 2.05) is 24.3 Å².